The van der Waals surface area contributed by atoms with Crippen molar-refractivity contribution in [1.29, 1.82) is 0 Å². The van der Waals surface area contributed by atoms with Gasteiger partial charge in [0.05, 0.1) is 13.4 Å². The van der Waals surface area contributed by atoms with Crippen LogP contribution in [0.4, 0.5) is 0 Å². The van der Waals surface area contributed by atoms with E-state index in [9.17, 15) is 4.79 Å². The van der Waals surface area contributed by atoms with Gasteiger partial charge in [0.15, 0.2) is 7.28 Å². The molecule has 4 heteroatoms. The number of esters is 1. The van der Waals surface area contributed by atoms with E-state index in [2.05, 4.69) is 18.6 Å². The molecule has 0 aliphatic carbocycles. The van der Waals surface area contributed by atoms with Gasteiger partial charge in [-0.25, -0.2) is 4.79 Å². The topological polar surface area (TPSA) is 39.4 Å². The van der Waals surface area contributed by atoms with Crippen LogP contribution in [0.2, 0.25) is 5.82 Å². The molecule has 0 N–H and O–H groups in total. The van der Waals surface area contributed by atoms with Gasteiger partial charge in [-0.05, 0) is 11.5 Å². The van der Waals surface area contributed by atoms with E-state index < -0.39 is 5.97 Å². The highest BCUT2D eigenvalue weighted by Gasteiger charge is 2.11. The van der Waals surface area contributed by atoms with E-state index in [1.165, 1.54) is 7.11 Å². The molecule has 0 atom stereocenters. The molecule has 1 aromatic heterocycles. The third-order valence-electron chi connectivity index (χ3n) is 1.53. The number of furan rings is 1. The van der Waals surface area contributed by atoms with Crippen molar-refractivity contribution in [3.8, 4) is 0 Å². The maximum absolute atomic E-state index is 11.0. The fourth-order valence-electron chi connectivity index (χ4n) is 1.03. The predicted octanol–water partition coefficient (Wildman–Crippen LogP) is 1.22. The lowest BCUT2D eigenvalue weighted by molar-refractivity contribution is 0.0565. The fourth-order valence-corrected chi connectivity index (χ4v) is 1.03. The number of hydrogen-bond acceptors (Lipinski definition) is 3. The molecule has 0 aliphatic heterocycles. The van der Waals surface area contributed by atoms with E-state index in [4.69, 9.17) is 4.42 Å². The van der Waals surface area contributed by atoms with Gasteiger partial charge in [-0.3, -0.25) is 0 Å². The van der Waals surface area contributed by atoms with Crippen molar-refractivity contribution in [3.05, 3.63) is 18.1 Å². The second kappa shape index (κ2) is 4.17. The molecule has 1 rings (SSSR count). The third kappa shape index (κ3) is 2.65. The van der Waals surface area contributed by atoms with Crippen molar-refractivity contribution in [1.82, 2.24) is 0 Å². The molecule has 0 bridgehead atoms. The van der Waals surface area contributed by atoms with Crippen LogP contribution in [-0.4, -0.2) is 20.4 Å². The van der Waals surface area contributed by atoms with Crippen molar-refractivity contribution in [2.75, 3.05) is 7.11 Å². The number of ether oxygens (including phenoxy) is 1. The van der Waals surface area contributed by atoms with Crippen molar-refractivity contribution >= 4 is 18.7 Å². The Hall–Kier alpha value is -1.19. The van der Waals surface area contributed by atoms with Gasteiger partial charge < -0.3 is 9.15 Å². The Morgan fingerprint density at radius 1 is 1.62 bits per heavy atom. The van der Waals surface area contributed by atoms with Crippen LogP contribution in [-0.2, 0) is 4.74 Å². The molecule has 0 spiro atoms. The second-order valence-corrected chi connectivity index (χ2v) is 3.15. The standard InChI is InChI=1S/C9H12BO3/c1-6(2)10-7-4-8(13-5-7)9(11)12-3/h4-6H,1-3H3. The van der Waals surface area contributed by atoms with Crippen molar-refractivity contribution < 1.29 is 13.9 Å². The van der Waals surface area contributed by atoms with E-state index in [1.807, 2.05) is 7.28 Å². The van der Waals surface area contributed by atoms with Crippen LogP contribution in [0.5, 0.6) is 0 Å². The van der Waals surface area contributed by atoms with E-state index in [0.29, 0.717) is 5.82 Å². The zero-order valence-corrected chi connectivity index (χ0v) is 8.03. The summed E-state index contributed by atoms with van der Waals surface area (Å²) in [6, 6.07) is 1.67. The number of carbonyl (C=O) groups is 1. The van der Waals surface area contributed by atoms with Gasteiger partial charge in [0, 0.05) is 0 Å². The summed E-state index contributed by atoms with van der Waals surface area (Å²) in [5.41, 5.74) is 0.912. The highest BCUT2D eigenvalue weighted by molar-refractivity contribution is 6.54. The lowest BCUT2D eigenvalue weighted by Gasteiger charge is -1.96. The lowest BCUT2D eigenvalue weighted by Crippen LogP contribution is -2.14. The Bertz CT molecular complexity index is 291. The van der Waals surface area contributed by atoms with E-state index >= 15 is 0 Å². The van der Waals surface area contributed by atoms with Crippen molar-refractivity contribution in [2.45, 2.75) is 19.7 Å². The highest BCUT2D eigenvalue weighted by atomic mass is 16.5. The summed E-state index contributed by atoms with van der Waals surface area (Å²) in [5, 5.41) is 0. The van der Waals surface area contributed by atoms with Crippen LogP contribution in [0.25, 0.3) is 0 Å². The van der Waals surface area contributed by atoms with E-state index in [-0.39, 0.29) is 5.76 Å². The molecule has 0 unspecified atom stereocenters. The van der Waals surface area contributed by atoms with E-state index in [0.717, 1.165) is 5.46 Å². The van der Waals surface area contributed by atoms with Crippen molar-refractivity contribution in [3.63, 3.8) is 0 Å². The number of methoxy groups -OCH3 is 1. The molecule has 0 saturated heterocycles. The lowest BCUT2D eigenvalue weighted by atomic mass is 9.61. The quantitative estimate of drug-likeness (QED) is 0.517. The van der Waals surface area contributed by atoms with E-state index in [1.54, 1.807) is 12.3 Å². The molecule has 1 heterocycles. The van der Waals surface area contributed by atoms with Gasteiger partial charge in [0.25, 0.3) is 0 Å². The van der Waals surface area contributed by atoms with Crippen LogP contribution in [0, 0.1) is 0 Å². The zero-order valence-electron chi connectivity index (χ0n) is 8.03. The molecule has 69 valence electrons. The monoisotopic (exact) mass is 179 g/mol. The highest BCUT2D eigenvalue weighted by Crippen LogP contribution is 2.03. The summed E-state index contributed by atoms with van der Waals surface area (Å²) in [7, 11) is 3.34. The number of hydrogen-bond donors (Lipinski definition) is 0. The predicted molar refractivity (Wildman–Crippen MR) is 50.5 cm³/mol. The minimum Gasteiger partial charge on any atom is -0.463 e. The Kier molecular flexibility index (Phi) is 3.17. The Labute approximate surface area is 78.3 Å². The van der Waals surface area contributed by atoms with Crippen LogP contribution in [0.3, 0.4) is 0 Å². The molecule has 0 aliphatic rings. The maximum Gasteiger partial charge on any atom is 0.373 e. The average molecular weight is 179 g/mol. The molecular formula is C9H12BO3. The first-order chi connectivity index (χ1) is 6.13. The molecule has 13 heavy (non-hydrogen) atoms. The van der Waals surface area contributed by atoms with Gasteiger partial charge in [-0.15, -0.1) is 0 Å². The Balaban J connectivity index is 2.69. The van der Waals surface area contributed by atoms with Crippen LogP contribution in [0.15, 0.2) is 16.7 Å². The normalized spacial score (nSPS) is 10.2. The van der Waals surface area contributed by atoms with Gasteiger partial charge in [-0.2, -0.15) is 0 Å². The minimum absolute atomic E-state index is 0.245. The van der Waals surface area contributed by atoms with Gasteiger partial charge in [-0.1, -0.05) is 19.7 Å². The summed E-state index contributed by atoms with van der Waals surface area (Å²) in [4.78, 5) is 11.0. The molecule has 0 amide bonds. The number of carbonyl (C=O) groups excluding carboxylic acids is 1. The maximum atomic E-state index is 11.0. The van der Waals surface area contributed by atoms with Gasteiger partial charge in [0.1, 0.15) is 0 Å². The molecular weight excluding hydrogens is 167 g/mol. The molecule has 0 saturated carbocycles. The van der Waals surface area contributed by atoms with Gasteiger partial charge in [0.2, 0.25) is 5.76 Å². The Morgan fingerprint density at radius 2 is 2.31 bits per heavy atom. The first-order valence-electron chi connectivity index (χ1n) is 4.15. The molecule has 1 radical (unpaired) electrons. The summed E-state index contributed by atoms with van der Waals surface area (Å²) < 4.78 is 9.52. The van der Waals surface area contributed by atoms with Gasteiger partial charge >= 0.3 is 5.97 Å². The summed E-state index contributed by atoms with van der Waals surface area (Å²) in [5.74, 6) is 0.237. The van der Waals surface area contributed by atoms with Crippen LogP contribution >= 0.6 is 0 Å². The Morgan fingerprint density at radius 3 is 2.85 bits per heavy atom. The smallest absolute Gasteiger partial charge is 0.373 e. The first kappa shape index (κ1) is 9.90. The minimum atomic E-state index is -0.441. The molecule has 0 aromatic carbocycles. The van der Waals surface area contributed by atoms with Crippen LogP contribution < -0.4 is 5.46 Å². The average Bonchev–Trinajstić information content (AvgIpc) is 2.50. The molecule has 1 aromatic rings. The second-order valence-electron chi connectivity index (χ2n) is 3.15. The fraction of sp³-hybridized carbons (Fsp3) is 0.444. The number of rotatable bonds is 3. The summed E-state index contributed by atoms with van der Waals surface area (Å²) >= 11 is 0. The first-order valence-corrected chi connectivity index (χ1v) is 4.15. The largest absolute Gasteiger partial charge is 0.463 e. The summed E-state index contributed by atoms with van der Waals surface area (Å²) in [6.45, 7) is 4.12. The molecule has 3 nitrogen and oxygen atoms in total. The molecule has 0 fully saturated rings. The summed E-state index contributed by atoms with van der Waals surface area (Å²) in [6.07, 6.45) is 1.55. The van der Waals surface area contributed by atoms with Crippen LogP contribution in [0.1, 0.15) is 24.4 Å². The SMILES string of the molecule is COC(=O)c1cc([B]C(C)C)co1. The zero-order chi connectivity index (χ0) is 9.84. The van der Waals surface area contributed by atoms with Crippen molar-refractivity contribution in [2.24, 2.45) is 0 Å². The third-order valence-corrected chi connectivity index (χ3v) is 1.53.